The van der Waals surface area contributed by atoms with Crippen molar-refractivity contribution in [2.24, 2.45) is 29.6 Å². The lowest BCUT2D eigenvalue weighted by atomic mass is 9.51. The first-order valence-corrected chi connectivity index (χ1v) is 9.71. The molecule has 0 aromatic rings. The quantitative estimate of drug-likeness (QED) is 0.807. The summed E-state index contributed by atoms with van der Waals surface area (Å²) in [6.45, 7) is 1.56. The van der Waals surface area contributed by atoms with E-state index in [1.165, 1.54) is 11.3 Å². The number of nitrogens with zero attached hydrogens (tertiary/aromatic N) is 1. The fourth-order valence-corrected chi connectivity index (χ4v) is 6.11. The summed E-state index contributed by atoms with van der Waals surface area (Å²) in [4.78, 5) is 14.2. The van der Waals surface area contributed by atoms with E-state index in [-0.39, 0.29) is 18.4 Å². The molecule has 25 heavy (non-hydrogen) atoms. The van der Waals surface area contributed by atoms with E-state index in [0.29, 0.717) is 38.0 Å². The number of hydrogen-bond donors (Lipinski definition) is 2. The van der Waals surface area contributed by atoms with Crippen LogP contribution in [0.2, 0.25) is 0 Å². The third-order valence-corrected chi connectivity index (χ3v) is 6.97. The summed E-state index contributed by atoms with van der Waals surface area (Å²) in [7, 11) is 0. The van der Waals surface area contributed by atoms with Gasteiger partial charge in [-0.05, 0) is 55.8 Å². The molecule has 1 heterocycles. The van der Waals surface area contributed by atoms with Crippen molar-refractivity contribution in [1.29, 1.82) is 0 Å². The molecule has 0 radical (unpaired) electrons. The maximum absolute atomic E-state index is 13.5. The average molecular weight is 359 g/mol. The standard InChI is InChI=1S/C18H28F3N3O/c19-18(20,21)15(24-3-1-22-2-4-24)10-23-17(25)16-13-6-11-5-12(8-13)9-14(16)7-11/h11-16,22H,1-10H2,(H,23,25). The first-order chi connectivity index (χ1) is 11.9. The normalized spacial score (nSPS) is 39.4. The number of amides is 1. The molecular formula is C18H28F3N3O. The lowest BCUT2D eigenvalue weighted by Gasteiger charge is -2.53. The summed E-state index contributed by atoms with van der Waals surface area (Å²) >= 11 is 0. The molecule has 5 aliphatic rings. The Hall–Kier alpha value is -0.820. The fraction of sp³-hybridized carbons (Fsp3) is 0.944. The number of halogens is 3. The molecule has 142 valence electrons. The van der Waals surface area contributed by atoms with Crippen LogP contribution in [-0.2, 0) is 4.79 Å². The predicted octanol–water partition coefficient (Wildman–Crippen LogP) is 2.01. The first-order valence-electron chi connectivity index (χ1n) is 9.71. The third kappa shape index (κ3) is 3.54. The predicted molar refractivity (Wildman–Crippen MR) is 87.8 cm³/mol. The lowest BCUT2D eigenvalue weighted by Crippen LogP contribution is -2.59. The Morgan fingerprint density at radius 3 is 2.12 bits per heavy atom. The van der Waals surface area contributed by atoms with Crippen LogP contribution >= 0.6 is 0 Å². The summed E-state index contributed by atoms with van der Waals surface area (Å²) in [5.41, 5.74) is 0. The second-order valence-corrected chi connectivity index (χ2v) is 8.55. The Balaban J connectivity index is 1.38. The molecule has 5 fully saturated rings. The van der Waals surface area contributed by atoms with Crippen LogP contribution in [0, 0.1) is 29.6 Å². The monoisotopic (exact) mass is 359 g/mol. The van der Waals surface area contributed by atoms with Crippen LogP contribution in [0.25, 0.3) is 0 Å². The van der Waals surface area contributed by atoms with Gasteiger partial charge >= 0.3 is 6.18 Å². The smallest absolute Gasteiger partial charge is 0.354 e. The van der Waals surface area contributed by atoms with Crippen molar-refractivity contribution in [3.63, 3.8) is 0 Å². The molecule has 2 N–H and O–H groups in total. The van der Waals surface area contributed by atoms with Gasteiger partial charge in [0.15, 0.2) is 0 Å². The maximum atomic E-state index is 13.5. The van der Waals surface area contributed by atoms with Crippen molar-refractivity contribution in [1.82, 2.24) is 15.5 Å². The number of carbonyl (C=O) groups is 1. The highest BCUT2D eigenvalue weighted by Crippen LogP contribution is 2.56. The van der Waals surface area contributed by atoms with Crippen molar-refractivity contribution in [3.05, 3.63) is 0 Å². The van der Waals surface area contributed by atoms with Gasteiger partial charge in [0.2, 0.25) is 5.91 Å². The second-order valence-electron chi connectivity index (χ2n) is 8.55. The summed E-state index contributed by atoms with van der Waals surface area (Å²) in [5.74, 6) is 2.15. The summed E-state index contributed by atoms with van der Waals surface area (Å²) in [6, 6.07) is -1.57. The molecule has 1 aliphatic heterocycles. The van der Waals surface area contributed by atoms with E-state index in [2.05, 4.69) is 10.6 Å². The Labute approximate surface area is 146 Å². The van der Waals surface area contributed by atoms with Gasteiger partial charge in [0.25, 0.3) is 0 Å². The van der Waals surface area contributed by atoms with Crippen molar-refractivity contribution in [3.8, 4) is 0 Å². The minimum absolute atomic E-state index is 0.0512. The Morgan fingerprint density at radius 2 is 1.60 bits per heavy atom. The Kier molecular flexibility index (Phi) is 4.73. The van der Waals surface area contributed by atoms with Crippen LogP contribution in [0.5, 0.6) is 0 Å². The van der Waals surface area contributed by atoms with Crippen molar-refractivity contribution >= 4 is 5.91 Å². The van der Waals surface area contributed by atoms with E-state index in [4.69, 9.17) is 0 Å². The molecule has 1 amide bonds. The van der Waals surface area contributed by atoms with E-state index in [1.54, 1.807) is 0 Å². The molecule has 5 rings (SSSR count). The second kappa shape index (κ2) is 6.72. The summed E-state index contributed by atoms with van der Waals surface area (Å²) in [6.07, 6.45) is 1.41. The zero-order valence-corrected chi connectivity index (χ0v) is 14.5. The maximum Gasteiger partial charge on any atom is 0.405 e. The highest BCUT2D eigenvalue weighted by Gasteiger charge is 2.51. The molecule has 1 atom stereocenters. The fourth-order valence-electron chi connectivity index (χ4n) is 6.11. The Morgan fingerprint density at radius 1 is 1.04 bits per heavy atom. The molecule has 4 aliphatic carbocycles. The largest absolute Gasteiger partial charge is 0.405 e. The van der Waals surface area contributed by atoms with E-state index >= 15 is 0 Å². The molecule has 0 aromatic carbocycles. The number of rotatable bonds is 4. The summed E-state index contributed by atoms with van der Waals surface area (Å²) < 4.78 is 40.4. The zero-order chi connectivity index (χ0) is 17.6. The number of hydrogen-bond acceptors (Lipinski definition) is 3. The van der Waals surface area contributed by atoms with Gasteiger partial charge in [0.1, 0.15) is 6.04 Å². The number of piperazine rings is 1. The van der Waals surface area contributed by atoms with Gasteiger partial charge in [-0.25, -0.2) is 0 Å². The molecule has 4 saturated carbocycles. The van der Waals surface area contributed by atoms with E-state index in [0.717, 1.165) is 37.5 Å². The zero-order valence-electron chi connectivity index (χ0n) is 14.5. The van der Waals surface area contributed by atoms with Crippen molar-refractivity contribution < 1.29 is 18.0 Å². The minimum Gasteiger partial charge on any atom is -0.354 e. The third-order valence-electron chi connectivity index (χ3n) is 6.97. The average Bonchev–Trinajstić information content (AvgIpc) is 2.53. The Bertz CT molecular complexity index is 476. The molecule has 4 bridgehead atoms. The molecule has 7 heteroatoms. The van der Waals surface area contributed by atoms with E-state index < -0.39 is 12.2 Å². The van der Waals surface area contributed by atoms with E-state index in [1.807, 2.05) is 0 Å². The van der Waals surface area contributed by atoms with Crippen molar-refractivity contribution in [2.45, 2.75) is 44.3 Å². The first kappa shape index (κ1) is 17.6. The van der Waals surface area contributed by atoms with Gasteiger partial charge in [-0.3, -0.25) is 9.69 Å². The van der Waals surface area contributed by atoms with Gasteiger partial charge in [0, 0.05) is 38.6 Å². The van der Waals surface area contributed by atoms with E-state index in [9.17, 15) is 18.0 Å². The lowest BCUT2D eigenvalue weighted by molar-refractivity contribution is -0.184. The van der Waals surface area contributed by atoms with Crippen LogP contribution in [0.4, 0.5) is 13.2 Å². The number of alkyl halides is 3. The molecule has 0 spiro atoms. The number of carbonyl (C=O) groups excluding carboxylic acids is 1. The molecule has 4 nitrogen and oxygen atoms in total. The van der Waals surface area contributed by atoms with Crippen LogP contribution < -0.4 is 10.6 Å². The highest BCUT2D eigenvalue weighted by atomic mass is 19.4. The molecule has 0 aromatic heterocycles. The van der Waals surface area contributed by atoms with Gasteiger partial charge in [0.05, 0.1) is 0 Å². The van der Waals surface area contributed by atoms with Gasteiger partial charge in [-0.15, -0.1) is 0 Å². The van der Waals surface area contributed by atoms with Gasteiger partial charge in [-0.2, -0.15) is 13.2 Å². The summed E-state index contributed by atoms with van der Waals surface area (Å²) in [5, 5.41) is 5.77. The van der Waals surface area contributed by atoms with Gasteiger partial charge in [-0.1, -0.05) is 0 Å². The minimum atomic E-state index is -4.31. The molecule has 1 saturated heterocycles. The van der Waals surface area contributed by atoms with Crippen LogP contribution in [0.1, 0.15) is 32.1 Å². The topological polar surface area (TPSA) is 44.4 Å². The van der Waals surface area contributed by atoms with Crippen LogP contribution in [0.15, 0.2) is 0 Å². The highest BCUT2D eigenvalue weighted by molar-refractivity contribution is 5.79. The van der Waals surface area contributed by atoms with Gasteiger partial charge < -0.3 is 10.6 Å². The van der Waals surface area contributed by atoms with Crippen molar-refractivity contribution in [2.75, 3.05) is 32.7 Å². The SMILES string of the molecule is O=C(NCC(N1CCNCC1)C(F)(F)F)C1C2CC3CC(C2)CC1C3. The molecular weight excluding hydrogens is 331 g/mol. The number of nitrogens with one attached hydrogen (secondary N) is 2. The van der Waals surface area contributed by atoms with Crippen LogP contribution in [0.3, 0.4) is 0 Å². The van der Waals surface area contributed by atoms with Crippen LogP contribution in [-0.4, -0.2) is 55.7 Å². The molecule has 1 unspecified atom stereocenters.